The summed E-state index contributed by atoms with van der Waals surface area (Å²) in [5.41, 5.74) is 3.43. The third-order valence-corrected chi connectivity index (χ3v) is 4.49. The average Bonchev–Trinajstić information content (AvgIpc) is 2.89. The van der Waals surface area contributed by atoms with Crippen molar-refractivity contribution in [2.75, 3.05) is 25.0 Å². The van der Waals surface area contributed by atoms with E-state index in [2.05, 4.69) is 60.8 Å². The van der Waals surface area contributed by atoms with Crippen LogP contribution in [0.5, 0.6) is 0 Å². The Labute approximate surface area is 210 Å². The van der Waals surface area contributed by atoms with E-state index in [4.69, 9.17) is 11.7 Å². The van der Waals surface area contributed by atoms with Crippen LogP contribution in [-0.2, 0) is 14.4 Å². The van der Waals surface area contributed by atoms with Crippen molar-refractivity contribution in [2.24, 2.45) is 16.8 Å². The molecule has 9 N–H and O–H groups in total. The Morgan fingerprint density at radius 3 is 2.14 bits per heavy atom. The molecule has 0 saturated carbocycles. The first-order valence-electron chi connectivity index (χ1n) is 11.5. The zero-order chi connectivity index (χ0) is 26.4. The Balaban J connectivity index is 0.000000789. The molecular weight excluding hydrogens is 464 g/mol. The number of hydrazine groups is 1. The lowest BCUT2D eigenvalue weighted by Crippen LogP contribution is -2.45. The molecule has 0 atom stereocenters. The lowest BCUT2D eigenvalue weighted by Gasteiger charge is -2.08. The zero-order valence-corrected chi connectivity index (χ0v) is 20.5. The van der Waals surface area contributed by atoms with E-state index >= 15 is 0 Å². The summed E-state index contributed by atoms with van der Waals surface area (Å²) in [5.74, 6) is 9.59. The summed E-state index contributed by atoms with van der Waals surface area (Å²) in [7, 11) is 0. The summed E-state index contributed by atoms with van der Waals surface area (Å²) in [6, 6.07) is 12.0. The maximum atomic E-state index is 11.7. The predicted molar refractivity (Wildman–Crippen MR) is 138 cm³/mol. The number of hydrogen-bond donors (Lipinski definition) is 7. The van der Waals surface area contributed by atoms with Crippen molar-refractivity contribution in [1.82, 2.24) is 31.3 Å². The summed E-state index contributed by atoms with van der Waals surface area (Å²) in [5, 5.41) is 13.8. The molecule has 0 saturated heterocycles. The van der Waals surface area contributed by atoms with Crippen LogP contribution in [0.3, 0.4) is 0 Å². The fourth-order valence-corrected chi connectivity index (χ4v) is 2.64. The van der Waals surface area contributed by atoms with Crippen molar-refractivity contribution in [3.63, 3.8) is 0 Å². The Hall–Kier alpha value is -4.26. The molecule has 2 rings (SSSR count). The highest BCUT2D eigenvalue weighted by Crippen LogP contribution is 1.96. The number of aryl methyl sites for hydroxylation is 1. The second kappa shape index (κ2) is 19.1. The van der Waals surface area contributed by atoms with Crippen LogP contribution < -0.4 is 38.4 Å². The average molecular weight is 501 g/mol. The first kappa shape index (κ1) is 29.8. The molecule has 13 nitrogen and oxygen atoms in total. The summed E-state index contributed by atoms with van der Waals surface area (Å²) in [6.45, 7) is 3.18. The highest BCUT2D eigenvalue weighted by Gasteiger charge is 2.08. The van der Waals surface area contributed by atoms with Crippen molar-refractivity contribution in [3.05, 3.63) is 54.4 Å². The fraction of sp³-hybridized carbons (Fsp3) is 0.391. The monoisotopic (exact) mass is 500 g/mol. The van der Waals surface area contributed by atoms with E-state index in [1.54, 1.807) is 18.5 Å². The van der Waals surface area contributed by atoms with E-state index in [-0.39, 0.29) is 43.1 Å². The number of carbonyl (C=O) groups excluding carboxylic acids is 3. The molecule has 2 aromatic rings. The smallest absolute Gasteiger partial charge is 0.239 e. The largest absolute Gasteiger partial charge is 0.355 e. The zero-order valence-electron chi connectivity index (χ0n) is 20.5. The van der Waals surface area contributed by atoms with Gasteiger partial charge < -0.3 is 21.8 Å². The van der Waals surface area contributed by atoms with Gasteiger partial charge in [0.25, 0.3) is 0 Å². The minimum Gasteiger partial charge on any atom is -0.355 e. The van der Waals surface area contributed by atoms with Gasteiger partial charge in [0.1, 0.15) is 0 Å². The number of guanidine groups is 1. The van der Waals surface area contributed by atoms with Crippen LogP contribution in [0.2, 0.25) is 0 Å². The molecule has 1 aromatic heterocycles. The maximum Gasteiger partial charge on any atom is 0.239 e. The van der Waals surface area contributed by atoms with Gasteiger partial charge in [-0.1, -0.05) is 35.9 Å². The number of carbonyl (C=O) groups is 3. The normalized spacial score (nSPS) is 10.3. The van der Waals surface area contributed by atoms with Crippen molar-refractivity contribution >= 4 is 29.6 Å². The number of hydrogen-bond acceptors (Lipinski definition) is 9. The lowest BCUT2D eigenvalue weighted by molar-refractivity contribution is -0.126. The number of rotatable bonds is 12. The van der Waals surface area contributed by atoms with E-state index in [0.29, 0.717) is 25.5 Å². The molecule has 0 fully saturated rings. The summed E-state index contributed by atoms with van der Waals surface area (Å²) in [4.78, 5) is 43.0. The van der Waals surface area contributed by atoms with Gasteiger partial charge in [-0.05, 0) is 32.3 Å². The number of hydrazone groups is 1. The molecule has 36 heavy (non-hydrogen) atoms. The van der Waals surface area contributed by atoms with E-state index < -0.39 is 0 Å². The predicted octanol–water partition coefficient (Wildman–Crippen LogP) is -0.124. The molecule has 1 aromatic carbocycles. The Morgan fingerprint density at radius 2 is 1.53 bits per heavy atom. The molecule has 196 valence electrons. The van der Waals surface area contributed by atoms with Crippen LogP contribution in [0.25, 0.3) is 0 Å². The van der Waals surface area contributed by atoms with Crippen LogP contribution in [0.1, 0.15) is 37.7 Å². The van der Waals surface area contributed by atoms with Crippen molar-refractivity contribution in [3.8, 4) is 0 Å². The summed E-state index contributed by atoms with van der Waals surface area (Å²) < 4.78 is 0. The number of benzene rings is 1. The van der Waals surface area contributed by atoms with Crippen LogP contribution in [0, 0.1) is 6.92 Å². The van der Waals surface area contributed by atoms with Gasteiger partial charge in [0.05, 0.1) is 6.54 Å². The van der Waals surface area contributed by atoms with Crippen LogP contribution >= 0.6 is 0 Å². The molecule has 0 spiro atoms. The number of nitrogens with one attached hydrogen (secondary N) is 5. The van der Waals surface area contributed by atoms with Gasteiger partial charge in [0.2, 0.25) is 29.6 Å². The number of anilines is 1. The molecule has 3 amide bonds. The molecule has 0 aliphatic carbocycles. The maximum absolute atomic E-state index is 11.7. The molecule has 13 heteroatoms. The van der Waals surface area contributed by atoms with Crippen molar-refractivity contribution < 1.29 is 14.4 Å². The van der Waals surface area contributed by atoms with Crippen LogP contribution in [0.4, 0.5) is 5.95 Å². The molecule has 1 heterocycles. The van der Waals surface area contributed by atoms with Gasteiger partial charge >= 0.3 is 0 Å². The van der Waals surface area contributed by atoms with Gasteiger partial charge in [-0.3, -0.25) is 25.1 Å². The first-order valence-corrected chi connectivity index (χ1v) is 11.5. The molecular formula is C23H36N10O3. The third kappa shape index (κ3) is 15.6. The quantitative estimate of drug-likeness (QED) is 0.0681. The number of nitrogens with zero attached hydrogens (tertiary/aromatic N) is 3. The molecule has 0 bridgehead atoms. The number of nitrogens with two attached hydrogens (primary N) is 2. The van der Waals surface area contributed by atoms with E-state index in [0.717, 1.165) is 12.8 Å². The Bertz CT molecular complexity index is 926. The second-order valence-corrected chi connectivity index (χ2v) is 7.51. The minimum absolute atomic E-state index is 0.0692. The van der Waals surface area contributed by atoms with Gasteiger partial charge in [0.15, 0.2) is 0 Å². The second-order valence-electron chi connectivity index (χ2n) is 7.51. The highest BCUT2D eigenvalue weighted by molar-refractivity contribution is 5.96. The van der Waals surface area contributed by atoms with Gasteiger partial charge in [-0.2, -0.15) is 0 Å². The molecule has 0 aliphatic rings. The fourth-order valence-electron chi connectivity index (χ4n) is 2.64. The Kier molecular flexibility index (Phi) is 15.8. The van der Waals surface area contributed by atoms with Gasteiger partial charge in [-0.15, -0.1) is 5.10 Å². The molecule has 0 unspecified atom stereocenters. The van der Waals surface area contributed by atoms with Crippen molar-refractivity contribution in [1.29, 1.82) is 0 Å². The van der Waals surface area contributed by atoms with Gasteiger partial charge in [-0.25, -0.2) is 15.8 Å². The van der Waals surface area contributed by atoms with Crippen LogP contribution in [0.15, 0.2) is 53.9 Å². The SMILES string of the molecule is Cc1ccccc1.N/N=C(\NN)NC(=O)CCCC(=O)NCC(=O)NCCCCNc1ncccn1. The number of aromatic nitrogens is 2. The first-order chi connectivity index (χ1) is 17.4. The third-order valence-electron chi connectivity index (χ3n) is 4.49. The Morgan fingerprint density at radius 1 is 0.861 bits per heavy atom. The van der Waals surface area contributed by atoms with Crippen LogP contribution in [-0.4, -0.2) is 53.3 Å². The summed E-state index contributed by atoms with van der Waals surface area (Å²) >= 11 is 0. The van der Waals surface area contributed by atoms with E-state index in [1.165, 1.54) is 5.56 Å². The van der Waals surface area contributed by atoms with E-state index in [9.17, 15) is 14.4 Å². The molecule has 0 aliphatic heterocycles. The summed E-state index contributed by atoms with van der Waals surface area (Å²) in [6.07, 6.45) is 5.43. The molecule has 0 radical (unpaired) electrons. The highest BCUT2D eigenvalue weighted by atomic mass is 16.2. The number of unbranched alkanes of at least 4 members (excludes halogenated alkanes) is 1. The number of amides is 3. The standard InChI is InChI=1S/C16H28N10O3.C7H8/c17-25-16(26-18)24-13(28)6-3-5-12(27)23-11-14(29)19-7-1-2-8-20-15-21-9-4-10-22-15;1-7-5-3-2-4-6-7/h4,9-10H,1-3,5-8,11,17-18H2,(H,19,29)(H,23,27)(H,20,21,22)(H2,24,25,26,28);2-6H,1H3. The van der Waals surface area contributed by atoms with E-state index in [1.807, 2.05) is 18.2 Å². The minimum atomic E-state index is -0.383. The van der Waals surface area contributed by atoms with Gasteiger partial charge in [0, 0.05) is 38.3 Å². The lowest BCUT2D eigenvalue weighted by atomic mass is 10.2. The topological polar surface area (TPSA) is 202 Å². The van der Waals surface area contributed by atoms with Crippen molar-refractivity contribution in [2.45, 2.75) is 39.0 Å².